The molecule has 1 aliphatic rings. The van der Waals surface area contributed by atoms with Crippen molar-refractivity contribution in [3.8, 4) is 0 Å². The number of hydrogen-bond donors (Lipinski definition) is 2. The zero-order valence-electron chi connectivity index (χ0n) is 9.71. The lowest BCUT2D eigenvalue weighted by Crippen LogP contribution is -2.46. The number of rotatable bonds is 3. The minimum Gasteiger partial charge on any atom is -0.389 e. The topological polar surface area (TPSA) is 41.5 Å². The highest BCUT2D eigenvalue weighted by atomic mass is 16.5. The highest BCUT2D eigenvalue weighted by Gasteiger charge is 2.25. The van der Waals surface area contributed by atoms with E-state index in [0.717, 1.165) is 12.8 Å². The normalized spacial score (nSPS) is 34.5. The number of hydrogen-bond acceptors (Lipinski definition) is 3. The Morgan fingerprint density at radius 2 is 1.79 bits per heavy atom. The first-order valence-electron chi connectivity index (χ1n) is 5.48. The van der Waals surface area contributed by atoms with Crippen LogP contribution in [0.5, 0.6) is 0 Å². The van der Waals surface area contributed by atoms with Gasteiger partial charge in [-0.1, -0.05) is 0 Å². The van der Waals surface area contributed by atoms with Crippen LogP contribution in [0.15, 0.2) is 0 Å². The van der Waals surface area contributed by atoms with Gasteiger partial charge in [0.1, 0.15) is 0 Å². The molecule has 2 N–H and O–H groups in total. The van der Waals surface area contributed by atoms with E-state index in [-0.39, 0.29) is 0 Å². The molecule has 0 aromatic heterocycles. The van der Waals surface area contributed by atoms with Crippen molar-refractivity contribution in [3.05, 3.63) is 0 Å². The Morgan fingerprint density at radius 3 is 2.21 bits per heavy atom. The maximum absolute atomic E-state index is 9.59. The predicted octanol–water partition coefficient (Wildman–Crippen LogP) is 1.30. The molecule has 1 saturated heterocycles. The summed E-state index contributed by atoms with van der Waals surface area (Å²) < 4.78 is 5.65. The van der Waals surface area contributed by atoms with E-state index in [4.69, 9.17) is 4.74 Å². The molecule has 84 valence electrons. The lowest BCUT2D eigenvalue weighted by molar-refractivity contribution is -0.0452. The average Bonchev–Trinajstić information content (AvgIpc) is 1.97. The fourth-order valence-electron chi connectivity index (χ4n) is 1.97. The minimum atomic E-state index is -0.620. The molecule has 1 heterocycles. The van der Waals surface area contributed by atoms with E-state index < -0.39 is 5.60 Å². The second kappa shape index (κ2) is 4.60. The van der Waals surface area contributed by atoms with Gasteiger partial charge in [0.05, 0.1) is 17.8 Å². The first-order valence-corrected chi connectivity index (χ1v) is 5.48. The van der Waals surface area contributed by atoms with Gasteiger partial charge in [0.2, 0.25) is 0 Å². The van der Waals surface area contributed by atoms with E-state index in [2.05, 4.69) is 19.2 Å². The van der Waals surface area contributed by atoms with E-state index in [1.807, 2.05) is 13.8 Å². The van der Waals surface area contributed by atoms with Gasteiger partial charge in [-0.3, -0.25) is 0 Å². The van der Waals surface area contributed by atoms with Gasteiger partial charge in [-0.2, -0.15) is 0 Å². The van der Waals surface area contributed by atoms with Crippen molar-refractivity contribution in [1.82, 2.24) is 5.32 Å². The first-order chi connectivity index (χ1) is 6.37. The maximum Gasteiger partial charge on any atom is 0.0715 e. The van der Waals surface area contributed by atoms with E-state index in [0.29, 0.717) is 24.8 Å². The Balaban J connectivity index is 2.30. The summed E-state index contributed by atoms with van der Waals surface area (Å²) in [4.78, 5) is 0. The van der Waals surface area contributed by atoms with E-state index >= 15 is 0 Å². The largest absolute Gasteiger partial charge is 0.389 e. The number of ether oxygens (including phenoxy) is 1. The molecule has 1 aliphatic heterocycles. The van der Waals surface area contributed by atoms with Crippen LogP contribution in [0.1, 0.15) is 40.5 Å². The summed E-state index contributed by atoms with van der Waals surface area (Å²) in [6, 6.07) is 0.486. The average molecular weight is 201 g/mol. The molecular formula is C11H23NO2. The third-order valence-electron chi connectivity index (χ3n) is 2.52. The predicted molar refractivity (Wildman–Crippen MR) is 57.3 cm³/mol. The van der Waals surface area contributed by atoms with E-state index in [1.165, 1.54) is 0 Å². The van der Waals surface area contributed by atoms with Crippen LogP contribution >= 0.6 is 0 Å². The Bertz CT molecular complexity index is 167. The van der Waals surface area contributed by atoms with Crippen LogP contribution < -0.4 is 5.32 Å². The van der Waals surface area contributed by atoms with Crippen molar-refractivity contribution in [2.75, 3.05) is 6.54 Å². The first kappa shape index (κ1) is 12.0. The maximum atomic E-state index is 9.59. The molecule has 0 amide bonds. The molecule has 3 heteroatoms. The van der Waals surface area contributed by atoms with Gasteiger partial charge in [0, 0.05) is 12.6 Å². The summed E-state index contributed by atoms with van der Waals surface area (Å²) in [6.07, 6.45) is 2.75. The fraction of sp³-hybridized carbons (Fsp3) is 1.00. The van der Waals surface area contributed by atoms with E-state index in [1.54, 1.807) is 0 Å². The summed E-state index contributed by atoms with van der Waals surface area (Å²) in [5, 5.41) is 13.0. The Hall–Kier alpha value is -0.120. The minimum absolute atomic E-state index is 0.332. The van der Waals surface area contributed by atoms with Crippen molar-refractivity contribution < 1.29 is 9.84 Å². The fourth-order valence-corrected chi connectivity index (χ4v) is 1.97. The molecule has 0 saturated carbocycles. The molecule has 3 nitrogen and oxygen atoms in total. The summed E-state index contributed by atoms with van der Waals surface area (Å²) >= 11 is 0. The van der Waals surface area contributed by atoms with Gasteiger partial charge >= 0.3 is 0 Å². The van der Waals surface area contributed by atoms with Crippen LogP contribution in [-0.2, 0) is 4.74 Å². The van der Waals surface area contributed by atoms with Crippen LogP contribution in [0, 0.1) is 0 Å². The molecule has 1 fully saturated rings. The zero-order valence-corrected chi connectivity index (χ0v) is 9.71. The third-order valence-corrected chi connectivity index (χ3v) is 2.52. The van der Waals surface area contributed by atoms with Gasteiger partial charge in [-0.05, 0) is 40.5 Å². The molecule has 0 aromatic rings. The molecule has 2 atom stereocenters. The molecule has 0 radical (unpaired) electrons. The number of aliphatic hydroxyl groups is 1. The van der Waals surface area contributed by atoms with Crippen molar-refractivity contribution in [3.63, 3.8) is 0 Å². The number of nitrogens with one attached hydrogen (secondary N) is 1. The molecule has 0 spiro atoms. The van der Waals surface area contributed by atoms with Crippen molar-refractivity contribution in [2.45, 2.75) is 64.4 Å². The molecular weight excluding hydrogens is 178 g/mol. The van der Waals surface area contributed by atoms with Crippen molar-refractivity contribution in [2.24, 2.45) is 0 Å². The van der Waals surface area contributed by atoms with Gasteiger partial charge in [-0.15, -0.1) is 0 Å². The quantitative estimate of drug-likeness (QED) is 0.723. The Morgan fingerprint density at radius 1 is 1.29 bits per heavy atom. The zero-order chi connectivity index (χ0) is 10.8. The van der Waals surface area contributed by atoms with Gasteiger partial charge < -0.3 is 15.2 Å². The second-order valence-corrected chi connectivity index (χ2v) is 5.12. The molecule has 0 aliphatic carbocycles. The molecule has 0 bridgehead atoms. The summed E-state index contributed by atoms with van der Waals surface area (Å²) in [7, 11) is 0. The highest BCUT2D eigenvalue weighted by molar-refractivity contribution is 4.81. The Kier molecular flexibility index (Phi) is 3.93. The van der Waals surface area contributed by atoms with Crippen LogP contribution in [0.3, 0.4) is 0 Å². The smallest absolute Gasteiger partial charge is 0.0715 e. The van der Waals surface area contributed by atoms with Gasteiger partial charge in [0.15, 0.2) is 0 Å². The summed E-state index contributed by atoms with van der Waals surface area (Å²) in [5.74, 6) is 0. The van der Waals surface area contributed by atoms with Gasteiger partial charge in [-0.25, -0.2) is 0 Å². The van der Waals surface area contributed by atoms with Crippen molar-refractivity contribution >= 4 is 0 Å². The molecule has 1 rings (SSSR count). The molecule has 0 aromatic carbocycles. The monoisotopic (exact) mass is 201 g/mol. The molecule has 14 heavy (non-hydrogen) atoms. The highest BCUT2D eigenvalue weighted by Crippen LogP contribution is 2.19. The third kappa shape index (κ3) is 4.40. The van der Waals surface area contributed by atoms with Crippen LogP contribution in [0.4, 0.5) is 0 Å². The van der Waals surface area contributed by atoms with Crippen LogP contribution in [-0.4, -0.2) is 35.5 Å². The van der Waals surface area contributed by atoms with E-state index in [9.17, 15) is 5.11 Å². The van der Waals surface area contributed by atoms with Gasteiger partial charge in [0.25, 0.3) is 0 Å². The molecule has 0 unspecified atom stereocenters. The standard InChI is InChI=1S/C11H23NO2/c1-8-5-10(6-9(2)14-8)12-7-11(3,4)13/h8-10,12-13H,5-7H2,1-4H3/t8-,9-/m1/s1. The lowest BCUT2D eigenvalue weighted by Gasteiger charge is -2.34. The summed E-state index contributed by atoms with van der Waals surface area (Å²) in [5.41, 5.74) is -0.620. The summed E-state index contributed by atoms with van der Waals surface area (Å²) in [6.45, 7) is 8.51. The van der Waals surface area contributed by atoms with Crippen LogP contribution in [0.2, 0.25) is 0 Å². The second-order valence-electron chi connectivity index (χ2n) is 5.12. The Labute approximate surface area is 86.8 Å². The lowest BCUT2D eigenvalue weighted by atomic mass is 9.99. The van der Waals surface area contributed by atoms with Crippen molar-refractivity contribution in [1.29, 1.82) is 0 Å². The van der Waals surface area contributed by atoms with Crippen LogP contribution in [0.25, 0.3) is 0 Å². The SMILES string of the molecule is C[C@@H]1CC(NCC(C)(C)O)C[C@@H](C)O1.